The fourth-order valence-electron chi connectivity index (χ4n) is 2.84. The third kappa shape index (κ3) is 4.11. The second-order valence-electron chi connectivity index (χ2n) is 5.95. The Bertz CT molecular complexity index is 766. The number of phenols is 1. The number of amides is 2. The lowest BCUT2D eigenvalue weighted by atomic mass is 10.2. The highest BCUT2D eigenvalue weighted by Gasteiger charge is 2.23. The number of benzene rings is 1. The molecule has 25 heavy (non-hydrogen) atoms. The quantitative estimate of drug-likeness (QED) is 0.874. The van der Waals surface area contributed by atoms with Crippen molar-refractivity contribution >= 4 is 28.8 Å². The molecule has 1 saturated heterocycles. The molecule has 0 bridgehead atoms. The zero-order chi connectivity index (χ0) is 17.8. The van der Waals surface area contributed by atoms with Gasteiger partial charge in [0.1, 0.15) is 5.75 Å². The average molecular weight is 359 g/mol. The van der Waals surface area contributed by atoms with E-state index in [1.807, 2.05) is 25.1 Å². The van der Waals surface area contributed by atoms with E-state index in [1.54, 1.807) is 23.1 Å². The molecule has 1 aliphatic heterocycles. The molecule has 7 heteroatoms. The van der Waals surface area contributed by atoms with Gasteiger partial charge in [-0.1, -0.05) is 12.1 Å². The van der Waals surface area contributed by atoms with Crippen LogP contribution in [0.3, 0.4) is 0 Å². The van der Waals surface area contributed by atoms with Crippen LogP contribution in [-0.2, 0) is 4.79 Å². The molecule has 0 radical (unpaired) electrons. The first-order chi connectivity index (χ1) is 12.0. The van der Waals surface area contributed by atoms with Crippen molar-refractivity contribution in [2.45, 2.75) is 6.92 Å². The molecule has 0 saturated carbocycles. The van der Waals surface area contributed by atoms with Crippen molar-refractivity contribution in [2.24, 2.45) is 0 Å². The molecule has 2 heterocycles. The topological polar surface area (TPSA) is 72.9 Å². The Balaban J connectivity index is 1.48. The van der Waals surface area contributed by atoms with E-state index >= 15 is 0 Å². The molecular weight excluding hydrogens is 338 g/mol. The smallest absolute Gasteiger partial charge is 0.261 e. The molecular formula is C18H21N3O3S. The van der Waals surface area contributed by atoms with E-state index in [0.29, 0.717) is 31.1 Å². The number of phenolic OH excluding ortho intramolecular Hbond substituents is 1. The number of carbonyl (C=O) groups is 2. The third-order valence-corrected chi connectivity index (χ3v) is 5.22. The van der Waals surface area contributed by atoms with E-state index in [4.69, 9.17) is 0 Å². The molecule has 1 aromatic carbocycles. The Morgan fingerprint density at radius 1 is 1.12 bits per heavy atom. The summed E-state index contributed by atoms with van der Waals surface area (Å²) in [6.45, 7) is 4.40. The Morgan fingerprint density at radius 2 is 1.84 bits per heavy atom. The number of piperazine rings is 1. The molecule has 2 aromatic rings. The maximum atomic E-state index is 12.3. The molecule has 1 fully saturated rings. The zero-order valence-corrected chi connectivity index (χ0v) is 14.9. The maximum Gasteiger partial charge on any atom is 0.261 e. The van der Waals surface area contributed by atoms with Crippen LogP contribution >= 0.6 is 11.3 Å². The summed E-state index contributed by atoms with van der Waals surface area (Å²) in [7, 11) is 0. The molecule has 0 atom stereocenters. The molecule has 0 spiro atoms. The van der Waals surface area contributed by atoms with Gasteiger partial charge in [-0.3, -0.25) is 9.59 Å². The summed E-state index contributed by atoms with van der Waals surface area (Å²) in [5.41, 5.74) is 0.788. The van der Waals surface area contributed by atoms with Gasteiger partial charge < -0.3 is 20.2 Å². The predicted molar refractivity (Wildman–Crippen MR) is 98.3 cm³/mol. The van der Waals surface area contributed by atoms with Crippen LogP contribution in [-0.4, -0.2) is 54.5 Å². The normalized spacial score (nSPS) is 14.4. The van der Waals surface area contributed by atoms with Crippen molar-refractivity contribution in [3.05, 3.63) is 46.2 Å². The van der Waals surface area contributed by atoms with E-state index in [-0.39, 0.29) is 24.1 Å². The highest BCUT2D eigenvalue weighted by Crippen LogP contribution is 2.27. The Labute approximate surface area is 150 Å². The lowest BCUT2D eigenvalue weighted by Crippen LogP contribution is -2.51. The highest BCUT2D eigenvalue weighted by molar-refractivity contribution is 7.13. The fourth-order valence-corrected chi connectivity index (χ4v) is 3.62. The van der Waals surface area contributed by atoms with E-state index in [1.165, 1.54) is 11.3 Å². The van der Waals surface area contributed by atoms with Crippen LogP contribution in [0.25, 0.3) is 0 Å². The van der Waals surface area contributed by atoms with Crippen molar-refractivity contribution in [1.29, 1.82) is 0 Å². The summed E-state index contributed by atoms with van der Waals surface area (Å²) in [5, 5.41) is 12.6. The van der Waals surface area contributed by atoms with E-state index in [9.17, 15) is 14.7 Å². The van der Waals surface area contributed by atoms with Crippen molar-refractivity contribution < 1.29 is 14.7 Å². The lowest BCUT2D eigenvalue weighted by molar-refractivity contribution is -0.130. The largest absolute Gasteiger partial charge is 0.506 e. The summed E-state index contributed by atoms with van der Waals surface area (Å²) in [6.07, 6.45) is 0. The Hall–Kier alpha value is -2.54. The van der Waals surface area contributed by atoms with Gasteiger partial charge >= 0.3 is 0 Å². The van der Waals surface area contributed by atoms with E-state index < -0.39 is 0 Å². The number of rotatable bonds is 4. The minimum absolute atomic E-state index is 0.00632. The number of anilines is 1. The standard InChI is InChI=1S/C18H21N3O3S/c1-13-6-7-16(25-13)18(24)19-12-17(23)21-10-8-20(9-11-21)14-4-2-3-5-15(14)22/h2-7,22H,8-12H2,1H3,(H,19,24). The van der Waals surface area contributed by atoms with Crippen LogP contribution in [0.2, 0.25) is 0 Å². The van der Waals surface area contributed by atoms with Crippen molar-refractivity contribution in [3.63, 3.8) is 0 Å². The number of para-hydroxylation sites is 2. The van der Waals surface area contributed by atoms with E-state index in [2.05, 4.69) is 10.2 Å². The first-order valence-corrected chi connectivity index (χ1v) is 9.01. The summed E-state index contributed by atoms with van der Waals surface area (Å²) >= 11 is 1.42. The molecule has 1 aliphatic rings. The number of thiophene rings is 1. The van der Waals surface area contributed by atoms with Gasteiger partial charge in [-0.2, -0.15) is 0 Å². The van der Waals surface area contributed by atoms with Gasteiger partial charge in [0.15, 0.2) is 0 Å². The van der Waals surface area contributed by atoms with Gasteiger partial charge in [-0.15, -0.1) is 11.3 Å². The number of hydrogen-bond acceptors (Lipinski definition) is 5. The molecule has 3 rings (SSSR count). The molecule has 0 aliphatic carbocycles. The Morgan fingerprint density at radius 3 is 2.48 bits per heavy atom. The summed E-state index contributed by atoms with van der Waals surface area (Å²) < 4.78 is 0. The number of carbonyl (C=O) groups excluding carboxylic acids is 2. The monoisotopic (exact) mass is 359 g/mol. The lowest BCUT2D eigenvalue weighted by Gasteiger charge is -2.36. The molecule has 6 nitrogen and oxygen atoms in total. The first kappa shape index (κ1) is 17.3. The van der Waals surface area contributed by atoms with Gasteiger partial charge in [0, 0.05) is 31.1 Å². The summed E-state index contributed by atoms with van der Waals surface area (Å²) in [4.78, 5) is 29.8. The highest BCUT2D eigenvalue weighted by atomic mass is 32.1. The summed E-state index contributed by atoms with van der Waals surface area (Å²) in [6, 6.07) is 10.9. The zero-order valence-electron chi connectivity index (χ0n) is 14.1. The van der Waals surface area contributed by atoms with Crippen molar-refractivity contribution in [3.8, 4) is 5.75 Å². The fraction of sp³-hybridized carbons (Fsp3) is 0.333. The van der Waals surface area contributed by atoms with Gasteiger partial charge in [-0.05, 0) is 31.2 Å². The minimum atomic E-state index is -0.209. The van der Waals surface area contributed by atoms with Gasteiger partial charge in [0.05, 0.1) is 17.1 Å². The number of hydrogen-bond donors (Lipinski definition) is 2. The van der Waals surface area contributed by atoms with Crippen LogP contribution in [0, 0.1) is 6.92 Å². The number of nitrogens with zero attached hydrogens (tertiary/aromatic N) is 2. The Kier molecular flexibility index (Phi) is 5.23. The van der Waals surface area contributed by atoms with E-state index in [0.717, 1.165) is 10.6 Å². The molecule has 2 amide bonds. The van der Waals surface area contributed by atoms with Crippen LogP contribution in [0.15, 0.2) is 36.4 Å². The van der Waals surface area contributed by atoms with Crippen LogP contribution < -0.4 is 10.2 Å². The summed E-state index contributed by atoms with van der Waals surface area (Å²) in [5.74, 6) is -0.0429. The third-order valence-electron chi connectivity index (χ3n) is 4.22. The van der Waals surface area contributed by atoms with Crippen molar-refractivity contribution in [1.82, 2.24) is 10.2 Å². The number of aromatic hydroxyl groups is 1. The molecule has 132 valence electrons. The first-order valence-electron chi connectivity index (χ1n) is 8.20. The molecule has 2 N–H and O–H groups in total. The SMILES string of the molecule is Cc1ccc(C(=O)NCC(=O)N2CCN(c3ccccc3O)CC2)s1. The minimum Gasteiger partial charge on any atom is -0.506 e. The van der Waals surface area contributed by atoms with Crippen LogP contribution in [0.5, 0.6) is 5.75 Å². The second kappa shape index (κ2) is 7.57. The number of nitrogens with one attached hydrogen (secondary N) is 1. The maximum absolute atomic E-state index is 12.3. The molecule has 1 aromatic heterocycles. The average Bonchev–Trinajstić information content (AvgIpc) is 3.06. The second-order valence-corrected chi connectivity index (χ2v) is 7.24. The van der Waals surface area contributed by atoms with Crippen molar-refractivity contribution in [2.75, 3.05) is 37.6 Å². The van der Waals surface area contributed by atoms with Gasteiger partial charge in [0.2, 0.25) is 5.91 Å². The predicted octanol–water partition coefficient (Wildman–Crippen LogP) is 1.84. The molecule has 0 unspecified atom stereocenters. The van der Waals surface area contributed by atoms with Crippen LogP contribution in [0.1, 0.15) is 14.5 Å². The van der Waals surface area contributed by atoms with Gasteiger partial charge in [0.25, 0.3) is 5.91 Å². The number of aryl methyl sites for hydroxylation is 1. The van der Waals surface area contributed by atoms with Gasteiger partial charge in [-0.25, -0.2) is 0 Å². The van der Waals surface area contributed by atoms with Crippen LogP contribution in [0.4, 0.5) is 5.69 Å².